The van der Waals surface area contributed by atoms with Crippen molar-refractivity contribution >= 4 is 11.6 Å². The Bertz CT molecular complexity index is 578. The van der Waals surface area contributed by atoms with Crippen LogP contribution in [0.1, 0.15) is 29.4 Å². The first-order chi connectivity index (χ1) is 9.70. The highest BCUT2D eigenvalue weighted by Gasteiger charge is 2.05. The summed E-state index contributed by atoms with van der Waals surface area (Å²) < 4.78 is 1.71. The molecule has 0 aliphatic rings. The van der Waals surface area contributed by atoms with Crippen molar-refractivity contribution < 1.29 is 4.79 Å². The molecule has 1 amide bonds. The molecule has 0 bridgehead atoms. The molecule has 1 aromatic carbocycles. The van der Waals surface area contributed by atoms with Gasteiger partial charge in [0, 0.05) is 24.8 Å². The van der Waals surface area contributed by atoms with Gasteiger partial charge in [-0.3, -0.25) is 9.48 Å². The van der Waals surface area contributed by atoms with E-state index in [-0.39, 0.29) is 5.91 Å². The number of carbonyl (C=O) groups is 1. The van der Waals surface area contributed by atoms with Crippen LogP contribution in [0.3, 0.4) is 0 Å². The van der Waals surface area contributed by atoms with Gasteiger partial charge < -0.3 is 10.6 Å². The predicted molar refractivity (Wildman–Crippen MR) is 77.4 cm³/mol. The van der Waals surface area contributed by atoms with Gasteiger partial charge >= 0.3 is 0 Å². The molecule has 0 aliphatic carbocycles. The third-order valence-electron chi connectivity index (χ3n) is 2.94. The van der Waals surface area contributed by atoms with E-state index in [9.17, 15) is 4.79 Å². The number of amides is 1. The Labute approximate surface area is 118 Å². The van der Waals surface area contributed by atoms with Crippen LogP contribution in [0.5, 0.6) is 0 Å². The molecule has 0 aliphatic heterocycles. The van der Waals surface area contributed by atoms with Gasteiger partial charge in [0.1, 0.15) is 0 Å². The number of nitrogens with zero attached hydrogens (tertiary/aromatic N) is 3. The molecule has 0 radical (unpaired) electrons. The molecule has 0 saturated carbocycles. The van der Waals surface area contributed by atoms with E-state index < -0.39 is 0 Å². The highest BCUT2D eigenvalue weighted by molar-refractivity contribution is 5.95. The average Bonchev–Trinajstić information content (AvgIpc) is 2.88. The van der Waals surface area contributed by atoms with E-state index in [0.717, 1.165) is 17.8 Å². The Morgan fingerprint density at radius 2 is 2.25 bits per heavy atom. The predicted octanol–water partition coefficient (Wildman–Crippen LogP) is 1.57. The Morgan fingerprint density at radius 3 is 2.95 bits per heavy atom. The number of rotatable bonds is 6. The van der Waals surface area contributed by atoms with Crippen molar-refractivity contribution in [3.05, 3.63) is 41.7 Å². The highest BCUT2D eigenvalue weighted by Crippen LogP contribution is 2.12. The van der Waals surface area contributed by atoms with Crippen molar-refractivity contribution in [2.24, 2.45) is 7.05 Å². The number of hydrogen-bond donors (Lipinski definition) is 2. The molecular weight excluding hydrogens is 254 g/mol. The van der Waals surface area contributed by atoms with E-state index in [1.165, 1.54) is 0 Å². The highest BCUT2D eigenvalue weighted by atomic mass is 16.1. The topological polar surface area (TPSA) is 71.8 Å². The van der Waals surface area contributed by atoms with Crippen LogP contribution in [-0.4, -0.2) is 27.4 Å². The molecule has 1 aromatic heterocycles. The zero-order valence-corrected chi connectivity index (χ0v) is 11.8. The summed E-state index contributed by atoms with van der Waals surface area (Å²) in [5.41, 5.74) is 2.53. The van der Waals surface area contributed by atoms with E-state index >= 15 is 0 Å². The van der Waals surface area contributed by atoms with Gasteiger partial charge in [-0.25, -0.2) is 0 Å². The maximum absolute atomic E-state index is 11.9. The second-order valence-corrected chi connectivity index (χ2v) is 4.54. The van der Waals surface area contributed by atoms with Crippen molar-refractivity contribution in [1.29, 1.82) is 0 Å². The fraction of sp³-hybridized carbons (Fsp3) is 0.357. The minimum atomic E-state index is -0.0438. The molecule has 2 aromatic rings. The number of carbonyl (C=O) groups excluding carboxylic acids is 1. The molecule has 1 heterocycles. The number of hydrogen-bond acceptors (Lipinski definition) is 4. The second-order valence-electron chi connectivity index (χ2n) is 4.54. The summed E-state index contributed by atoms with van der Waals surface area (Å²) in [5, 5.41) is 13.8. The van der Waals surface area contributed by atoms with Crippen molar-refractivity contribution in [3.63, 3.8) is 0 Å². The van der Waals surface area contributed by atoms with Crippen LogP contribution in [0.15, 0.2) is 30.5 Å². The Hall–Kier alpha value is -2.37. The van der Waals surface area contributed by atoms with Crippen LogP contribution in [0.2, 0.25) is 0 Å². The summed E-state index contributed by atoms with van der Waals surface area (Å²) in [6, 6.07) is 7.45. The fourth-order valence-electron chi connectivity index (χ4n) is 1.77. The summed E-state index contributed by atoms with van der Waals surface area (Å²) in [6.07, 6.45) is 2.64. The molecule has 0 spiro atoms. The summed E-state index contributed by atoms with van der Waals surface area (Å²) in [6.45, 7) is 3.33. The zero-order valence-electron chi connectivity index (χ0n) is 11.8. The largest absolute Gasteiger partial charge is 0.379 e. The smallest absolute Gasteiger partial charge is 0.251 e. The molecule has 106 valence electrons. The SMILES string of the molecule is CCCNC(=O)c1cccc(NCc2cnnn2C)c1. The molecule has 0 saturated heterocycles. The van der Waals surface area contributed by atoms with E-state index in [1.807, 2.05) is 38.2 Å². The summed E-state index contributed by atoms with van der Waals surface area (Å²) in [7, 11) is 1.85. The molecular formula is C14H19N5O. The monoisotopic (exact) mass is 273 g/mol. The molecule has 0 unspecified atom stereocenters. The number of aryl methyl sites for hydroxylation is 1. The Balaban J connectivity index is 1.99. The molecule has 2 rings (SSSR count). The van der Waals surface area contributed by atoms with Gasteiger partial charge in [0.2, 0.25) is 0 Å². The number of nitrogens with one attached hydrogen (secondary N) is 2. The van der Waals surface area contributed by atoms with Crippen LogP contribution >= 0.6 is 0 Å². The first kappa shape index (κ1) is 14.0. The first-order valence-electron chi connectivity index (χ1n) is 6.66. The van der Waals surface area contributed by atoms with E-state index in [4.69, 9.17) is 0 Å². The normalized spacial score (nSPS) is 10.3. The summed E-state index contributed by atoms with van der Waals surface area (Å²) in [5.74, 6) is -0.0438. The van der Waals surface area contributed by atoms with E-state index in [0.29, 0.717) is 18.7 Å². The molecule has 0 fully saturated rings. The van der Waals surface area contributed by atoms with Gasteiger partial charge in [0.15, 0.2) is 0 Å². The third kappa shape index (κ3) is 3.57. The fourth-order valence-corrected chi connectivity index (χ4v) is 1.77. The minimum Gasteiger partial charge on any atom is -0.379 e. The number of aromatic nitrogens is 3. The van der Waals surface area contributed by atoms with Crippen molar-refractivity contribution in [2.75, 3.05) is 11.9 Å². The lowest BCUT2D eigenvalue weighted by atomic mass is 10.2. The molecule has 6 nitrogen and oxygen atoms in total. The average molecular weight is 273 g/mol. The molecule has 2 N–H and O–H groups in total. The third-order valence-corrected chi connectivity index (χ3v) is 2.94. The molecule has 0 atom stereocenters. The zero-order chi connectivity index (χ0) is 14.4. The van der Waals surface area contributed by atoms with Crippen LogP contribution in [0, 0.1) is 0 Å². The summed E-state index contributed by atoms with van der Waals surface area (Å²) >= 11 is 0. The standard InChI is InChI=1S/C14H19N5O/c1-3-7-15-14(20)11-5-4-6-12(8-11)16-9-13-10-17-18-19(13)2/h4-6,8,10,16H,3,7,9H2,1-2H3,(H,15,20). The van der Waals surface area contributed by atoms with Gasteiger partial charge in [0.05, 0.1) is 18.4 Å². The van der Waals surface area contributed by atoms with Crippen LogP contribution < -0.4 is 10.6 Å². The van der Waals surface area contributed by atoms with Crippen LogP contribution in [-0.2, 0) is 13.6 Å². The van der Waals surface area contributed by atoms with Crippen LogP contribution in [0.25, 0.3) is 0 Å². The van der Waals surface area contributed by atoms with E-state index in [1.54, 1.807) is 10.9 Å². The first-order valence-corrected chi connectivity index (χ1v) is 6.66. The Morgan fingerprint density at radius 1 is 1.40 bits per heavy atom. The van der Waals surface area contributed by atoms with Gasteiger partial charge in [0.25, 0.3) is 5.91 Å². The lowest BCUT2D eigenvalue weighted by Gasteiger charge is -2.08. The van der Waals surface area contributed by atoms with Gasteiger partial charge in [-0.15, -0.1) is 5.10 Å². The second kappa shape index (κ2) is 6.70. The quantitative estimate of drug-likeness (QED) is 0.838. The van der Waals surface area contributed by atoms with Gasteiger partial charge in [-0.05, 0) is 24.6 Å². The maximum atomic E-state index is 11.9. The number of anilines is 1. The minimum absolute atomic E-state index is 0.0438. The number of benzene rings is 1. The van der Waals surface area contributed by atoms with Crippen molar-refractivity contribution in [3.8, 4) is 0 Å². The van der Waals surface area contributed by atoms with Crippen molar-refractivity contribution in [1.82, 2.24) is 20.3 Å². The molecule has 6 heteroatoms. The van der Waals surface area contributed by atoms with Crippen molar-refractivity contribution in [2.45, 2.75) is 19.9 Å². The lowest BCUT2D eigenvalue weighted by Crippen LogP contribution is -2.23. The van der Waals surface area contributed by atoms with Crippen LogP contribution in [0.4, 0.5) is 5.69 Å². The van der Waals surface area contributed by atoms with Gasteiger partial charge in [-0.1, -0.05) is 18.2 Å². The van der Waals surface area contributed by atoms with E-state index in [2.05, 4.69) is 20.9 Å². The summed E-state index contributed by atoms with van der Waals surface area (Å²) in [4.78, 5) is 11.9. The maximum Gasteiger partial charge on any atom is 0.251 e. The van der Waals surface area contributed by atoms with Gasteiger partial charge in [-0.2, -0.15) is 0 Å². The lowest BCUT2D eigenvalue weighted by molar-refractivity contribution is 0.0953. The molecule has 20 heavy (non-hydrogen) atoms. The Kier molecular flexibility index (Phi) is 4.70.